The maximum Gasteiger partial charge on any atom is 0.303 e. The van der Waals surface area contributed by atoms with Gasteiger partial charge in [0.1, 0.15) is 23.8 Å². The zero-order valence-corrected chi connectivity index (χ0v) is 21.0. The van der Waals surface area contributed by atoms with Crippen LogP contribution in [-0.4, -0.2) is 61.8 Å². The van der Waals surface area contributed by atoms with Crippen molar-refractivity contribution < 1.29 is 34.3 Å². The summed E-state index contributed by atoms with van der Waals surface area (Å²) in [7, 11) is 0. The first-order chi connectivity index (χ1) is 16.2. The van der Waals surface area contributed by atoms with Crippen LogP contribution in [0.15, 0.2) is 24.3 Å². The van der Waals surface area contributed by atoms with Crippen molar-refractivity contribution in [2.24, 2.45) is 5.92 Å². The highest BCUT2D eigenvalue weighted by Crippen LogP contribution is 2.40. The fraction of sp³-hybridized carbons (Fsp3) is 0.731. The van der Waals surface area contributed by atoms with Gasteiger partial charge in [0, 0.05) is 23.8 Å². The monoisotopic (exact) mass is 500 g/mol. The molecule has 1 saturated carbocycles. The van der Waals surface area contributed by atoms with Crippen molar-refractivity contribution in [1.82, 2.24) is 0 Å². The fourth-order valence-electron chi connectivity index (χ4n) is 4.55. The van der Waals surface area contributed by atoms with Crippen molar-refractivity contribution in [2.75, 3.05) is 12.4 Å². The number of rotatable bonds is 17. The van der Waals surface area contributed by atoms with E-state index in [1.807, 2.05) is 0 Å². The zero-order valence-electron chi connectivity index (χ0n) is 20.2. The molecule has 0 heterocycles. The number of carbonyl (C=O) groups is 1. The predicted octanol–water partition coefficient (Wildman–Crippen LogP) is 4.78. The summed E-state index contributed by atoms with van der Waals surface area (Å²) >= 11 is 1.50. The highest BCUT2D eigenvalue weighted by molar-refractivity contribution is 8.00. The predicted molar refractivity (Wildman–Crippen MR) is 133 cm³/mol. The second kappa shape index (κ2) is 14.9. The molecular formula is C26H41FO6S. The molecule has 4 N–H and O–H groups in total. The Morgan fingerprint density at radius 1 is 1.09 bits per heavy atom. The number of aliphatic hydroxyl groups is 3. The lowest BCUT2D eigenvalue weighted by molar-refractivity contribution is -0.137. The van der Waals surface area contributed by atoms with Crippen LogP contribution in [0, 0.1) is 11.7 Å². The maximum absolute atomic E-state index is 13.2. The summed E-state index contributed by atoms with van der Waals surface area (Å²) in [5.74, 6) is -0.306. The number of thioether (sulfide) groups is 1. The lowest BCUT2D eigenvalue weighted by Gasteiger charge is -2.31. The highest BCUT2D eigenvalue weighted by Gasteiger charge is 2.43. The first-order valence-electron chi connectivity index (χ1n) is 12.5. The van der Waals surface area contributed by atoms with Crippen molar-refractivity contribution in [3.63, 3.8) is 0 Å². The molecule has 2 rings (SSSR count). The van der Waals surface area contributed by atoms with Crippen molar-refractivity contribution in [2.45, 2.75) is 101 Å². The van der Waals surface area contributed by atoms with Gasteiger partial charge in [-0.05, 0) is 49.4 Å². The van der Waals surface area contributed by atoms with Crippen molar-refractivity contribution in [3.05, 3.63) is 30.1 Å². The highest BCUT2D eigenvalue weighted by atomic mass is 32.2. The van der Waals surface area contributed by atoms with E-state index in [1.165, 1.54) is 23.9 Å². The summed E-state index contributed by atoms with van der Waals surface area (Å²) < 4.78 is 19.0. The largest absolute Gasteiger partial charge is 0.491 e. The molecule has 1 aliphatic carbocycles. The summed E-state index contributed by atoms with van der Waals surface area (Å²) in [6.07, 6.45) is 6.80. The molecule has 0 aromatic heterocycles. The Bertz CT molecular complexity index is 718. The molecule has 1 aliphatic rings. The van der Waals surface area contributed by atoms with Crippen molar-refractivity contribution in [1.29, 1.82) is 0 Å². The van der Waals surface area contributed by atoms with Crippen molar-refractivity contribution in [3.8, 4) is 5.75 Å². The van der Waals surface area contributed by atoms with E-state index < -0.39 is 23.8 Å². The van der Waals surface area contributed by atoms with Crippen LogP contribution in [0.4, 0.5) is 4.39 Å². The van der Waals surface area contributed by atoms with Gasteiger partial charge in [0.05, 0.1) is 12.2 Å². The third kappa shape index (κ3) is 10.1. The number of hydrogen-bond donors (Lipinski definition) is 4. The zero-order chi connectivity index (χ0) is 25.0. The van der Waals surface area contributed by atoms with E-state index in [0.29, 0.717) is 30.8 Å². The van der Waals surface area contributed by atoms with Gasteiger partial charge in [-0.25, -0.2) is 4.39 Å². The van der Waals surface area contributed by atoms with Crippen LogP contribution < -0.4 is 4.74 Å². The number of hydrogen-bond acceptors (Lipinski definition) is 6. The molecule has 0 saturated heterocycles. The SMILES string of the molecule is CCCCCC(O)(COc1ccc(F)cc1)CS[C@H]1C(O)CC(O)[C@@H]1CCCCCCC(=O)O. The number of carboxylic acids is 1. The average molecular weight is 501 g/mol. The molecule has 0 radical (unpaired) electrons. The molecule has 0 bridgehead atoms. The van der Waals surface area contributed by atoms with Gasteiger partial charge in [-0.3, -0.25) is 4.79 Å². The Morgan fingerprint density at radius 3 is 2.47 bits per heavy atom. The molecule has 1 fully saturated rings. The third-order valence-corrected chi connectivity index (χ3v) is 8.32. The van der Waals surface area contributed by atoms with Gasteiger partial charge in [0.2, 0.25) is 0 Å². The third-order valence-electron chi connectivity index (χ3n) is 6.57. The first kappa shape index (κ1) is 28.9. The van der Waals surface area contributed by atoms with E-state index in [9.17, 15) is 24.5 Å². The minimum atomic E-state index is -1.09. The van der Waals surface area contributed by atoms with Gasteiger partial charge in [0.15, 0.2) is 0 Å². The molecule has 194 valence electrons. The molecule has 6 nitrogen and oxygen atoms in total. The standard InChI is InChI=1S/C26H41FO6S/c1-2-3-8-15-26(32,17-33-20-13-11-19(27)12-14-20)18-34-25-21(22(28)16-23(25)29)9-6-4-5-7-10-24(30)31/h11-14,21-23,25,28-29,32H,2-10,15-18H2,1H3,(H,30,31)/t21-,22?,23?,25+,26?/m0/s1. The van der Waals surface area contributed by atoms with Crippen LogP contribution in [0.5, 0.6) is 5.75 Å². The van der Waals surface area contributed by atoms with Crippen molar-refractivity contribution >= 4 is 17.7 Å². The lowest BCUT2D eigenvalue weighted by atomic mass is 9.97. The molecule has 8 heteroatoms. The summed E-state index contributed by atoms with van der Waals surface area (Å²) in [6, 6.07) is 5.72. The second-order valence-corrected chi connectivity index (χ2v) is 10.7. The summed E-state index contributed by atoms with van der Waals surface area (Å²) in [5, 5.41) is 41.0. The van der Waals surface area contributed by atoms with Gasteiger partial charge in [-0.1, -0.05) is 45.4 Å². The van der Waals surface area contributed by atoms with E-state index in [2.05, 4.69) is 6.92 Å². The van der Waals surface area contributed by atoms with Crippen LogP contribution in [0.1, 0.15) is 77.6 Å². The Labute approximate surface area is 206 Å². The van der Waals surface area contributed by atoms with Crippen LogP contribution in [-0.2, 0) is 4.79 Å². The van der Waals surface area contributed by atoms with Gasteiger partial charge >= 0.3 is 5.97 Å². The molecule has 0 aliphatic heterocycles. The normalized spacial score (nSPS) is 24.1. The van der Waals surface area contributed by atoms with E-state index in [4.69, 9.17) is 9.84 Å². The molecule has 0 spiro atoms. The first-order valence-corrected chi connectivity index (χ1v) is 13.6. The number of carboxylic acid groups (broad SMARTS) is 1. The van der Waals surface area contributed by atoms with Crippen LogP contribution in [0.25, 0.3) is 0 Å². The number of unbranched alkanes of at least 4 members (excludes halogenated alkanes) is 5. The molecule has 1 aromatic rings. The topological polar surface area (TPSA) is 107 Å². The molecule has 5 atom stereocenters. The number of ether oxygens (including phenoxy) is 1. The van der Waals surface area contributed by atoms with Crippen LogP contribution >= 0.6 is 11.8 Å². The fourth-order valence-corrected chi connectivity index (χ4v) is 6.18. The maximum atomic E-state index is 13.2. The quantitative estimate of drug-likeness (QED) is 0.228. The van der Waals surface area contributed by atoms with E-state index in [-0.39, 0.29) is 30.0 Å². The van der Waals surface area contributed by atoms with Crippen LogP contribution in [0.3, 0.4) is 0 Å². The number of aliphatic carboxylic acids is 1. The van der Waals surface area contributed by atoms with Gasteiger partial charge < -0.3 is 25.2 Å². The van der Waals surface area contributed by atoms with E-state index in [1.54, 1.807) is 12.1 Å². The van der Waals surface area contributed by atoms with Gasteiger partial charge in [-0.15, -0.1) is 0 Å². The molecule has 1 aromatic carbocycles. The number of benzene rings is 1. The average Bonchev–Trinajstić information content (AvgIpc) is 3.06. The molecule has 3 unspecified atom stereocenters. The second-order valence-electron chi connectivity index (χ2n) is 9.58. The Hall–Kier alpha value is -1.35. The minimum absolute atomic E-state index is 0.0580. The Kier molecular flexibility index (Phi) is 12.7. The van der Waals surface area contributed by atoms with E-state index in [0.717, 1.165) is 44.9 Å². The minimum Gasteiger partial charge on any atom is -0.491 e. The molecule has 34 heavy (non-hydrogen) atoms. The van der Waals surface area contributed by atoms with E-state index >= 15 is 0 Å². The summed E-state index contributed by atoms with van der Waals surface area (Å²) in [6.45, 7) is 2.18. The molecule has 0 amide bonds. The van der Waals surface area contributed by atoms with Crippen LogP contribution in [0.2, 0.25) is 0 Å². The Balaban J connectivity index is 1.91. The molecular weight excluding hydrogens is 459 g/mol. The lowest BCUT2D eigenvalue weighted by Crippen LogP contribution is -2.40. The van der Waals surface area contributed by atoms with Gasteiger partial charge in [-0.2, -0.15) is 11.8 Å². The summed E-state index contributed by atoms with van der Waals surface area (Å²) in [4.78, 5) is 10.6. The summed E-state index contributed by atoms with van der Waals surface area (Å²) in [5.41, 5.74) is -1.09. The number of halogens is 1. The number of aliphatic hydroxyl groups excluding tert-OH is 2. The Morgan fingerprint density at radius 2 is 1.79 bits per heavy atom. The smallest absolute Gasteiger partial charge is 0.303 e. The van der Waals surface area contributed by atoms with Gasteiger partial charge in [0.25, 0.3) is 0 Å².